The Labute approximate surface area is 234 Å². The Bertz CT molecular complexity index is 2870. The van der Waals surface area contributed by atoms with Crippen LogP contribution in [0.1, 0.15) is 0 Å². The van der Waals surface area contributed by atoms with Gasteiger partial charge in [0.15, 0.2) is 0 Å². The fourth-order valence-electron chi connectivity index (χ4n) is 7.45. The molecule has 5 heterocycles. The van der Waals surface area contributed by atoms with Gasteiger partial charge in [0.1, 0.15) is 0 Å². The SMILES string of the molecule is c1ccc2c(c1)sc1c2ccc2c3cccc4c3n(c21)c1c2sc3ccccc3c2cc2c3ccccc3n4c21. The summed E-state index contributed by atoms with van der Waals surface area (Å²) in [5, 5.41) is 10.7. The lowest BCUT2D eigenvalue weighted by molar-refractivity contribution is 1.27. The van der Waals surface area contributed by atoms with Crippen LogP contribution in [-0.2, 0) is 0 Å². The zero-order valence-electron chi connectivity index (χ0n) is 21.1. The van der Waals surface area contributed by atoms with E-state index < -0.39 is 0 Å². The van der Waals surface area contributed by atoms with Gasteiger partial charge in [0, 0.05) is 52.5 Å². The number of rotatable bonds is 0. The number of aromatic nitrogens is 2. The molecule has 40 heavy (non-hydrogen) atoms. The number of hydrogen-bond acceptors (Lipinski definition) is 2. The minimum atomic E-state index is 1.27. The van der Waals surface area contributed by atoms with E-state index in [1.807, 2.05) is 22.7 Å². The van der Waals surface area contributed by atoms with Crippen LogP contribution < -0.4 is 0 Å². The Balaban J connectivity index is 1.58. The number of nitrogens with zero attached hydrogens (tertiary/aromatic N) is 2. The average Bonchev–Trinajstić information content (AvgIpc) is 3.74. The molecule has 0 spiro atoms. The normalized spacial score (nSPS) is 13.0. The summed E-state index contributed by atoms with van der Waals surface area (Å²) >= 11 is 3.86. The summed E-state index contributed by atoms with van der Waals surface area (Å²) in [6.07, 6.45) is 0. The number of hydrogen-bond donors (Lipinski definition) is 0. The molecule has 0 atom stereocenters. The Morgan fingerprint density at radius 3 is 1.77 bits per heavy atom. The van der Waals surface area contributed by atoms with Crippen LogP contribution in [0.5, 0.6) is 0 Å². The van der Waals surface area contributed by atoms with Crippen molar-refractivity contribution >= 4 is 118 Å². The smallest absolute Gasteiger partial charge is 0.0891 e. The van der Waals surface area contributed by atoms with Crippen molar-refractivity contribution in [1.82, 2.24) is 8.80 Å². The van der Waals surface area contributed by atoms with Crippen molar-refractivity contribution in [1.29, 1.82) is 0 Å². The molecule has 0 aliphatic heterocycles. The van der Waals surface area contributed by atoms with Crippen molar-refractivity contribution in [2.24, 2.45) is 0 Å². The molecule has 5 aromatic heterocycles. The van der Waals surface area contributed by atoms with Gasteiger partial charge in [0.2, 0.25) is 0 Å². The Kier molecular flexibility index (Phi) is 3.42. The monoisotopic (exact) mass is 542 g/mol. The third-order valence-electron chi connectivity index (χ3n) is 9.01. The highest BCUT2D eigenvalue weighted by Gasteiger charge is 2.25. The molecule has 184 valence electrons. The lowest BCUT2D eigenvalue weighted by Crippen LogP contribution is -1.97. The van der Waals surface area contributed by atoms with Gasteiger partial charge in [0.25, 0.3) is 0 Å². The van der Waals surface area contributed by atoms with Gasteiger partial charge in [-0.15, -0.1) is 22.7 Å². The maximum absolute atomic E-state index is 2.64. The van der Waals surface area contributed by atoms with Crippen molar-refractivity contribution in [3.8, 4) is 0 Å². The molecule has 11 aromatic rings. The summed E-state index contributed by atoms with van der Waals surface area (Å²) in [5.41, 5.74) is 7.83. The first-order valence-corrected chi connectivity index (χ1v) is 15.3. The zero-order chi connectivity index (χ0) is 25.7. The molecule has 0 saturated carbocycles. The molecule has 0 N–H and O–H groups in total. The summed E-state index contributed by atoms with van der Waals surface area (Å²) in [4.78, 5) is 0. The zero-order valence-corrected chi connectivity index (χ0v) is 22.7. The molecule has 0 saturated heterocycles. The Hall–Kier alpha value is -4.64. The second kappa shape index (κ2) is 6.73. The highest BCUT2D eigenvalue weighted by molar-refractivity contribution is 7.27. The fraction of sp³-hybridized carbons (Fsp3) is 0. The van der Waals surface area contributed by atoms with Gasteiger partial charge in [-0.05, 0) is 30.3 Å². The molecule has 0 radical (unpaired) electrons. The van der Waals surface area contributed by atoms with E-state index in [-0.39, 0.29) is 0 Å². The van der Waals surface area contributed by atoms with Crippen molar-refractivity contribution < 1.29 is 0 Å². The van der Waals surface area contributed by atoms with Gasteiger partial charge in [-0.2, -0.15) is 0 Å². The molecule has 0 amide bonds. The molecule has 0 aliphatic carbocycles. The number of thiophene rings is 2. The first-order valence-electron chi connectivity index (χ1n) is 13.6. The van der Waals surface area contributed by atoms with Crippen molar-refractivity contribution in [2.45, 2.75) is 0 Å². The largest absolute Gasteiger partial charge is 0.305 e. The highest BCUT2D eigenvalue weighted by Crippen LogP contribution is 2.49. The maximum Gasteiger partial charge on any atom is 0.0891 e. The van der Waals surface area contributed by atoms with Crippen LogP contribution in [0.15, 0.2) is 109 Å². The summed E-state index contributed by atoms with van der Waals surface area (Å²) in [6, 6.07) is 40.7. The summed E-state index contributed by atoms with van der Waals surface area (Å²) in [5.74, 6) is 0. The predicted octanol–water partition coefficient (Wildman–Crippen LogP) is 11.0. The molecular formula is C36H18N2S2. The van der Waals surface area contributed by atoms with Crippen LogP contribution in [0.2, 0.25) is 0 Å². The van der Waals surface area contributed by atoms with Gasteiger partial charge in [0.05, 0.1) is 42.5 Å². The van der Waals surface area contributed by atoms with E-state index in [4.69, 9.17) is 0 Å². The summed E-state index contributed by atoms with van der Waals surface area (Å²) in [7, 11) is 0. The van der Waals surface area contributed by atoms with E-state index >= 15 is 0 Å². The predicted molar refractivity (Wildman–Crippen MR) is 175 cm³/mol. The quantitative estimate of drug-likeness (QED) is 0.169. The fourth-order valence-corrected chi connectivity index (χ4v) is 9.91. The van der Waals surface area contributed by atoms with Crippen molar-refractivity contribution in [2.75, 3.05) is 0 Å². The molecule has 2 nitrogen and oxygen atoms in total. The molecule has 4 heteroatoms. The third-order valence-corrected chi connectivity index (χ3v) is 11.4. The number of benzene rings is 6. The number of para-hydroxylation sites is 2. The average molecular weight is 543 g/mol. The van der Waals surface area contributed by atoms with Crippen molar-refractivity contribution in [3.05, 3.63) is 109 Å². The molecule has 0 aliphatic rings. The maximum atomic E-state index is 2.64. The Morgan fingerprint density at radius 2 is 0.950 bits per heavy atom. The van der Waals surface area contributed by atoms with Crippen LogP contribution in [-0.4, -0.2) is 8.80 Å². The molecule has 11 rings (SSSR count). The van der Waals surface area contributed by atoms with Gasteiger partial charge in [-0.3, -0.25) is 0 Å². The van der Waals surface area contributed by atoms with E-state index in [2.05, 4.69) is 118 Å². The van der Waals surface area contributed by atoms with E-state index in [9.17, 15) is 0 Å². The topological polar surface area (TPSA) is 8.82 Å². The molecule has 6 aromatic carbocycles. The van der Waals surface area contributed by atoms with E-state index in [1.54, 1.807) is 0 Å². The molecule has 0 unspecified atom stereocenters. The van der Waals surface area contributed by atoms with Crippen LogP contribution in [0.25, 0.3) is 95.0 Å². The molecule has 0 fully saturated rings. The van der Waals surface area contributed by atoms with E-state index in [0.717, 1.165) is 0 Å². The van der Waals surface area contributed by atoms with Gasteiger partial charge < -0.3 is 8.80 Å². The van der Waals surface area contributed by atoms with Gasteiger partial charge >= 0.3 is 0 Å². The Morgan fingerprint density at radius 1 is 0.350 bits per heavy atom. The van der Waals surface area contributed by atoms with E-state index in [1.165, 1.54) is 95.0 Å². The van der Waals surface area contributed by atoms with Crippen LogP contribution in [0.4, 0.5) is 0 Å². The van der Waals surface area contributed by atoms with Crippen LogP contribution in [0.3, 0.4) is 0 Å². The lowest BCUT2D eigenvalue weighted by atomic mass is 10.1. The standard InChI is InChI=1S/C36H18N2S2/c1-4-12-27-19(8-1)25-18-26-21-10-3-6-15-30(21)40-36(26)34-32(25)37(27)28-13-7-11-22-23-16-17-24-20-9-2-5-14-29(20)39-35(24)33(23)38(34)31(22)28/h1-18H. The lowest BCUT2D eigenvalue weighted by Gasteiger charge is -2.12. The third kappa shape index (κ3) is 2.15. The van der Waals surface area contributed by atoms with Crippen LogP contribution in [0, 0.1) is 0 Å². The summed E-state index contributed by atoms with van der Waals surface area (Å²) < 4.78 is 10.6. The number of fused-ring (bicyclic) bond motifs is 16. The minimum absolute atomic E-state index is 1.27. The molecular weight excluding hydrogens is 525 g/mol. The summed E-state index contributed by atoms with van der Waals surface area (Å²) in [6.45, 7) is 0. The van der Waals surface area contributed by atoms with Gasteiger partial charge in [-0.25, -0.2) is 0 Å². The second-order valence-electron chi connectivity index (χ2n) is 10.9. The van der Waals surface area contributed by atoms with E-state index in [0.29, 0.717) is 0 Å². The van der Waals surface area contributed by atoms with Gasteiger partial charge in [-0.1, -0.05) is 78.9 Å². The second-order valence-corrected chi connectivity index (χ2v) is 13.0. The first-order chi connectivity index (χ1) is 19.9. The highest BCUT2D eigenvalue weighted by atomic mass is 32.1. The van der Waals surface area contributed by atoms with Crippen molar-refractivity contribution in [3.63, 3.8) is 0 Å². The minimum Gasteiger partial charge on any atom is -0.305 e. The first kappa shape index (κ1) is 20.3. The molecule has 0 bridgehead atoms. The van der Waals surface area contributed by atoms with Crippen LogP contribution >= 0.6 is 22.7 Å².